The molecule has 1 aliphatic rings. The van der Waals surface area contributed by atoms with Gasteiger partial charge < -0.3 is 16.0 Å². The summed E-state index contributed by atoms with van der Waals surface area (Å²) in [4.78, 5) is 26.3. The first-order chi connectivity index (χ1) is 15.9. The van der Waals surface area contributed by atoms with E-state index in [1.165, 1.54) is 22.4 Å². The van der Waals surface area contributed by atoms with Crippen LogP contribution in [0, 0.1) is 18.7 Å². The number of carbonyl (C=O) groups is 2. The van der Waals surface area contributed by atoms with Crippen molar-refractivity contribution in [1.29, 1.82) is 0 Å². The van der Waals surface area contributed by atoms with E-state index < -0.39 is 0 Å². The van der Waals surface area contributed by atoms with Gasteiger partial charge in [-0.15, -0.1) is 5.10 Å². The highest BCUT2D eigenvalue weighted by molar-refractivity contribution is 6.03. The van der Waals surface area contributed by atoms with Gasteiger partial charge in [0.05, 0.1) is 11.4 Å². The summed E-state index contributed by atoms with van der Waals surface area (Å²) in [7, 11) is 0. The lowest BCUT2D eigenvalue weighted by atomic mass is 9.96. The number of nitrogens with zero attached hydrogens (tertiary/aromatic N) is 4. The third-order valence-electron chi connectivity index (χ3n) is 6.10. The predicted molar refractivity (Wildman–Crippen MR) is 123 cm³/mol. The van der Waals surface area contributed by atoms with Crippen LogP contribution in [0.5, 0.6) is 0 Å². The molecule has 9 heteroatoms. The fraction of sp³-hybridized carbons (Fsp3) is 0.333. The molecule has 0 aliphatic carbocycles. The van der Waals surface area contributed by atoms with Gasteiger partial charge in [-0.25, -0.2) is 9.07 Å². The summed E-state index contributed by atoms with van der Waals surface area (Å²) in [6.07, 6.45) is 2.54. The summed E-state index contributed by atoms with van der Waals surface area (Å²) in [5.41, 5.74) is 8.64. The Bertz CT molecular complexity index is 1120. The van der Waals surface area contributed by atoms with Crippen LogP contribution in [-0.4, -0.2) is 51.3 Å². The minimum Gasteiger partial charge on any atom is -0.369 e. The zero-order valence-electron chi connectivity index (χ0n) is 18.5. The van der Waals surface area contributed by atoms with Crippen molar-refractivity contribution >= 4 is 17.5 Å². The zero-order chi connectivity index (χ0) is 23.4. The average Bonchev–Trinajstić information content (AvgIpc) is 3.21. The zero-order valence-corrected chi connectivity index (χ0v) is 18.5. The Morgan fingerprint density at radius 2 is 1.76 bits per heavy atom. The minimum absolute atomic E-state index is 0.00469. The summed E-state index contributed by atoms with van der Waals surface area (Å²) in [6, 6.07) is 13.6. The third-order valence-corrected chi connectivity index (χ3v) is 6.10. The lowest BCUT2D eigenvalue weighted by Gasteiger charge is -2.30. The largest absolute Gasteiger partial charge is 0.369 e. The van der Waals surface area contributed by atoms with Crippen molar-refractivity contribution < 1.29 is 14.0 Å². The van der Waals surface area contributed by atoms with Gasteiger partial charge in [-0.05, 0) is 81.2 Å². The van der Waals surface area contributed by atoms with Crippen LogP contribution in [0.4, 0.5) is 10.1 Å². The topological polar surface area (TPSA) is 106 Å². The van der Waals surface area contributed by atoms with Gasteiger partial charge in [0.1, 0.15) is 5.82 Å². The van der Waals surface area contributed by atoms with Gasteiger partial charge in [0, 0.05) is 18.2 Å². The first kappa shape index (κ1) is 22.6. The predicted octanol–water partition coefficient (Wildman–Crippen LogP) is 2.71. The van der Waals surface area contributed by atoms with Crippen LogP contribution in [-0.2, 0) is 11.2 Å². The summed E-state index contributed by atoms with van der Waals surface area (Å²) in [5.74, 6) is -0.887. The van der Waals surface area contributed by atoms with Crippen LogP contribution in [0.15, 0.2) is 48.5 Å². The van der Waals surface area contributed by atoms with Crippen LogP contribution in [0.2, 0.25) is 0 Å². The smallest absolute Gasteiger partial charge is 0.278 e. The van der Waals surface area contributed by atoms with E-state index in [9.17, 15) is 14.0 Å². The van der Waals surface area contributed by atoms with Crippen LogP contribution < -0.4 is 11.1 Å². The lowest BCUT2D eigenvalue weighted by molar-refractivity contribution is -0.123. The maximum absolute atomic E-state index is 13.2. The van der Waals surface area contributed by atoms with E-state index in [4.69, 9.17) is 5.73 Å². The molecule has 3 aromatic rings. The Hall–Kier alpha value is -3.59. The van der Waals surface area contributed by atoms with Crippen molar-refractivity contribution in [1.82, 2.24) is 19.9 Å². The van der Waals surface area contributed by atoms with Gasteiger partial charge in [0.25, 0.3) is 5.91 Å². The summed E-state index contributed by atoms with van der Waals surface area (Å²) < 4.78 is 14.7. The second kappa shape index (κ2) is 9.91. The van der Waals surface area contributed by atoms with E-state index in [2.05, 4.69) is 20.5 Å². The number of amides is 2. The maximum Gasteiger partial charge on any atom is 0.278 e. The van der Waals surface area contributed by atoms with Crippen molar-refractivity contribution in [3.05, 3.63) is 71.3 Å². The molecule has 172 valence electrons. The number of nitrogens with two attached hydrogens (primary N) is 1. The second-order valence-corrected chi connectivity index (χ2v) is 8.33. The van der Waals surface area contributed by atoms with Gasteiger partial charge >= 0.3 is 0 Å². The maximum atomic E-state index is 13.2. The molecule has 0 radical (unpaired) electrons. The molecule has 3 N–H and O–H groups in total. The van der Waals surface area contributed by atoms with Crippen molar-refractivity contribution in [2.75, 3.05) is 25.0 Å². The van der Waals surface area contributed by atoms with Crippen LogP contribution >= 0.6 is 0 Å². The normalized spacial score (nSPS) is 14.8. The Labute approximate surface area is 191 Å². The number of nitrogens with one attached hydrogen (secondary N) is 1. The molecule has 2 amide bonds. The standard InChI is InChI=1S/C24H27FN6O2/c1-16-22(28-29-31(16)21-8-4-19(25)5-9-21)24(33)27-20-6-2-17(3-7-20)10-13-30-14-11-18(12-15-30)23(26)32/h2-9,18H,10-15H2,1H3,(H2,26,32)(H,27,33). The van der Waals surface area contributed by atoms with Crippen molar-refractivity contribution in [2.45, 2.75) is 26.2 Å². The molecule has 0 bridgehead atoms. The first-order valence-corrected chi connectivity index (χ1v) is 11.0. The van der Waals surface area contributed by atoms with Crippen molar-refractivity contribution in [3.63, 3.8) is 0 Å². The van der Waals surface area contributed by atoms with Gasteiger partial charge in [-0.2, -0.15) is 0 Å². The van der Waals surface area contributed by atoms with Gasteiger partial charge in [0.2, 0.25) is 5.91 Å². The van der Waals surface area contributed by atoms with E-state index in [-0.39, 0.29) is 29.2 Å². The fourth-order valence-corrected chi connectivity index (χ4v) is 4.04. The third kappa shape index (κ3) is 5.43. The highest BCUT2D eigenvalue weighted by atomic mass is 19.1. The monoisotopic (exact) mass is 450 g/mol. The number of piperidine rings is 1. The molecule has 4 rings (SSSR count). The number of anilines is 1. The molecule has 0 atom stereocenters. The number of rotatable bonds is 7. The van der Waals surface area contributed by atoms with Crippen molar-refractivity contribution in [2.24, 2.45) is 11.7 Å². The molecule has 8 nitrogen and oxygen atoms in total. The SMILES string of the molecule is Cc1c(C(=O)Nc2ccc(CCN3CCC(C(N)=O)CC3)cc2)nnn1-c1ccc(F)cc1. The molecule has 1 aromatic heterocycles. The molecule has 33 heavy (non-hydrogen) atoms. The summed E-state index contributed by atoms with van der Waals surface area (Å²) in [6.45, 7) is 4.44. The number of carbonyl (C=O) groups excluding carboxylic acids is 2. The number of likely N-dealkylation sites (tertiary alicyclic amines) is 1. The molecular weight excluding hydrogens is 423 g/mol. The molecule has 0 saturated carbocycles. The van der Waals surface area contributed by atoms with Crippen LogP contribution in [0.1, 0.15) is 34.6 Å². The van der Waals surface area contributed by atoms with Gasteiger partial charge in [-0.1, -0.05) is 17.3 Å². The van der Waals surface area contributed by atoms with E-state index in [1.54, 1.807) is 19.1 Å². The highest BCUT2D eigenvalue weighted by Crippen LogP contribution is 2.18. The Morgan fingerprint density at radius 3 is 2.39 bits per heavy atom. The van der Waals surface area contributed by atoms with E-state index >= 15 is 0 Å². The summed E-state index contributed by atoms with van der Waals surface area (Å²) in [5, 5.41) is 10.9. The molecule has 0 unspecified atom stereocenters. The number of primary amides is 1. The Morgan fingerprint density at radius 1 is 1.09 bits per heavy atom. The number of benzene rings is 2. The molecule has 1 saturated heterocycles. The molecule has 1 fully saturated rings. The quantitative estimate of drug-likeness (QED) is 0.576. The second-order valence-electron chi connectivity index (χ2n) is 8.33. The highest BCUT2D eigenvalue weighted by Gasteiger charge is 2.22. The van der Waals surface area contributed by atoms with E-state index in [1.807, 2.05) is 24.3 Å². The minimum atomic E-state index is -0.356. The first-order valence-electron chi connectivity index (χ1n) is 11.0. The number of halogens is 1. The molecular formula is C24H27FN6O2. The van der Waals surface area contributed by atoms with Crippen LogP contribution in [0.3, 0.4) is 0 Å². The number of hydrogen-bond donors (Lipinski definition) is 2. The Kier molecular flexibility index (Phi) is 6.79. The number of hydrogen-bond acceptors (Lipinski definition) is 5. The lowest BCUT2D eigenvalue weighted by Crippen LogP contribution is -2.39. The van der Waals surface area contributed by atoms with Crippen LogP contribution in [0.25, 0.3) is 5.69 Å². The molecule has 1 aliphatic heterocycles. The van der Waals surface area contributed by atoms with Gasteiger partial charge in [0.15, 0.2) is 5.69 Å². The number of aromatic nitrogens is 3. The van der Waals surface area contributed by atoms with E-state index in [0.717, 1.165) is 38.9 Å². The Balaban J connectivity index is 1.31. The van der Waals surface area contributed by atoms with Gasteiger partial charge in [-0.3, -0.25) is 9.59 Å². The average molecular weight is 451 g/mol. The molecule has 2 aromatic carbocycles. The fourth-order valence-electron chi connectivity index (χ4n) is 4.04. The molecule has 2 heterocycles. The van der Waals surface area contributed by atoms with E-state index in [0.29, 0.717) is 17.1 Å². The molecule has 0 spiro atoms. The summed E-state index contributed by atoms with van der Waals surface area (Å²) >= 11 is 0. The van der Waals surface area contributed by atoms with Crippen molar-refractivity contribution in [3.8, 4) is 5.69 Å².